The van der Waals surface area contributed by atoms with E-state index in [2.05, 4.69) is 0 Å². The molecule has 2 aromatic rings. The highest BCUT2D eigenvalue weighted by atomic mass is 16.7. The first-order chi connectivity index (χ1) is 15.2. The number of ether oxygens (including phenoxy) is 1. The average Bonchev–Trinajstić information content (AvgIpc) is 2.97. The maximum atomic E-state index is 13.0. The predicted octanol–water partition coefficient (Wildman–Crippen LogP) is 3.89. The van der Waals surface area contributed by atoms with Gasteiger partial charge in [0.25, 0.3) is 11.8 Å². The average molecular weight is 436 g/mol. The smallest absolute Gasteiger partial charge is 0.415 e. The maximum absolute atomic E-state index is 13.0. The quantitative estimate of drug-likeness (QED) is 0.678. The van der Waals surface area contributed by atoms with Gasteiger partial charge in [0.1, 0.15) is 5.60 Å². The fourth-order valence-corrected chi connectivity index (χ4v) is 3.94. The van der Waals surface area contributed by atoms with Gasteiger partial charge in [0.05, 0.1) is 29.3 Å². The van der Waals surface area contributed by atoms with E-state index < -0.39 is 35.5 Å². The Morgan fingerprint density at radius 1 is 0.969 bits per heavy atom. The number of fused-ring (bicyclic) bond motifs is 2. The lowest BCUT2D eigenvalue weighted by Crippen LogP contribution is -2.47. The van der Waals surface area contributed by atoms with Crippen molar-refractivity contribution in [3.63, 3.8) is 0 Å². The van der Waals surface area contributed by atoms with Gasteiger partial charge in [-0.15, -0.1) is 0 Å². The van der Waals surface area contributed by atoms with E-state index in [1.807, 2.05) is 18.2 Å². The second-order valence-electron chi connectivity index (χ2n) is 8.79. The van der Waals surface area contributed by atoms with E-state index in [4.69, 9.17) is 9.57 Å². The third-order valence-corrected chi connectivity index (χ3v) is 5.31. The zero-order valence-corrected chi connectivity index (χ0v) is 18.2. The summed E-state index contributed by atoms with van der Waals surface area (Å²) in [5, 5.41) is 0.488. The molecule has 8 nitrogen and oxygen atoms in total. The molecule has 2 aromatic carbocycles. The highest BCUT2D eigenvalue weighted by Gasteiger charge is 2.40. The zero-order valence-electron chi connectivity index (χ0n) is 18.2. The first-order valence-electron chi connectivity index (χ1n) is 10.4. The lowest BCUT2D eigenvalue weighted by Gasteiger charge is -2.37. The fourth-order valence-electron chi connectivity index (χ4n) is 3.94. The summed E-state index contributed by atoms with van der Waals surface area (Å²) in [6, 6.07) is 13.2. The number of aryl methyl sites for hydroxylation is 1. The Hall–Kier alpha value is -3.68. The molecular weight excluding hydrogens is 412 g/mol. The van der Waals surface area contributed by atoms with Gasteiger partial charge in [-0.2, -0.15) is 0 Å². The number of hydrogen-bond acceptors (Lipinski definition) is 6. The summed E-state index contributed by atoms with van der Waals surface area (Å²) in [7, 11) is 0. The number of carbonyl (C=O) groups excluding carboxylic acids is 4. The molecule has 4 rings (SSSR count). The molecule has 0 spiro atoms. The zero-order chi connectivity index (χ0) is 23.0. The molecule has 2 aliphatic heterocycles. The van der Waals surface area contributed by atoms with Gasteiger partial charge in [-0.25, -0.2) is 9.59 Å². The lowest BCUT2D eigenvalue weighted by atomic mass is 9.94. The molecule has 2 heterocycles. The summed E-state index contributed by atoms with van der Waals surface area (Å²) in [6.07, 6.45) is 0.415. The fraction of sp³-hybridized carbons (Fsp3) is 0.333. The summed E-state index contributed by atoms with van der Waals surface area (Å²) >= 11 is 0. The van der Waals surface area contributed by atoms with E-state index >= 15 is 0 Å². The Bertz CT molecular complexity index is 1070. The molecule has 3 amide bonds. The van der Waals surface area contributed by atoms with E-state index in [9.17, 15) is 19.2 Å². The van der Waals surface area contributed by atoms with Gasteiger partial charge in [0, 0.05) is 0 Å². The van der Waals surface area contributed by atoms with Crippen LogP contribution < -0.4 is 4.90 Å². The van der Waals surface area contributed by atoms with Crippen LogP contribution in [-0.2, 0) is 20.8 Å². The Morgan fingerprint density at radius 2 is 1.56 bits per heavy atom. The predicted molar refractivity (Wildman–Crippen MR) is 115 cm³/mol. The van der Waals surface area contributed by atoms with Gasteiger partial charge in [0.15, 0.2) is 0 Å². The Labute approximate surface area is 185 Å². The van der Waals surface area contributed by atoms with Crippen LogP contribution in [0.15, 0.2) is 48.5 Å². The Balaban J connectivity index is 1.52. The first-order valence-corrected chi connectivity index (χ1v) is 10.4. The van der Waals surface area contributed by atoms with E-state index in [0.29, 0.717) is 23.6 Å². The molecule has 1 unspecified atom stereocenters. The van der Waals surface area contributed by atoms with E-state index in [0.717, 1.165) is 5.56 Å². The van der Waals surface area contributed by atoms with Crippen LogP contribution in [0.2, 0.25) is 0 Å². The molecule has 0 radical (unpaired) electrons. The van der Waals surface area contributed by atoms with Crippen molar-refractivity contribution in [2.75, 3.05) is 4.90 Å². The van der Waals surface area contributed by atoms with Crippen molar-refractivity contribution in [1.29, 1.82) is 0 Å². The number of imide groups is 1. The van der Waals surface area contributed by atoms with Gasteiger partial charge in [-0.1, -0.05) is 35.4 Å². The van der Waals surface area contributed by atoms with Crippen molar-refractivity contribution in [2.24, 2.45) is 0 Å². The van der Waals surface area contributed by atoms with Crippen LogP contribution in [0, 0.1) is 0 Å². The SMILES string of the molecule is CC(C)(C)OC(=O)N1c2ccccc2CCC1CC(=O)ON1C(=O)c2ccccc2C1=O. The van der Waals surface area contributed by atoms with Crippen molar-refractivity contribution in [3.05, 3.63) is 65.2 Å². The minimum Gasteiger partial charge on any atom is -0.443 e. The molecule has 32 heavy (non-hydrogen) atoms. The molecule has 0 aliphatic carbocycles. The Kier molecular flexibility index (Phi) is 5.46. The molecule has 0 bridgehead atoms. The molecule has 0 N–H and O–H groups in total. The van der Waals surface area contributed by atoms with Gasteiger partial charge in [0.2, 0.25) is 0 Å². The monoisotopic (exact) mass is 436 g/mol. The molecule has 0 fully saturated rings. The summed E-state index contributed by atoms with van der Waals surface area (Å²) in [5.74, 6) is -2.15. The molecule has 166 valence electrons. The third-order valence-electron chi connectivity index (χ3n) is 5.31. The number of rotatable bonds is 3. The van der Waals surface area contributed by atoms with Gasteiger partial charge < -0.3 is 9.57 Å². The summed E-state index contributed by atoms with van der Waals surface area (Å²) in [6.45, 7) is 5.31. The number of benzene rings is 2. The largest absolute Gasteiger partial charge is 0.443 e. The van der Waals surface area contributed by atoms with Gasteiger partial charge in [-0.05, 0) is 57.4 Å². The second-order valence-corrected chi connectivity index (χ2v) is 8.79. The van der Waals surface area contributed by atoms with Crippen molar-refractivity contribution < 1.29 is 28.8 Å². The minimum atomic E-state index is -0.780. The Morgan fingerprint density at radius 3 is 2.19 bits per heavy atom. The molecular formula is C24H24N2O6. The number of hydroxylamine groups is 2. The van der Waals surface area contributed by atoms with Gasteiger partial charge in [-0.3, -0.25) is 14.5 Å². The highest BCUT2D eigenvalue weighted by molar-refractivity contribution is 6.20. The minimum absolute atomic E-state index is 0.187. The molecule has 2 aliphatic rings. The molecule has 8 heteroatoms. The van der Waals surface area contributed by atoms with Crippen LogP contribution in [0.5, 0.6) is 0 Å². The summed E-state index contributed by atoms with van der Waals surface area (Å²) in [4.78, 5) is 57.3. The van der Waals surface area contributed by atoms with Crippen LogP contribution >= 0.6 is 0 Å². The van der Waals surface area contributed by atoms with Crippen LogP contribution in [0.3, 0.4) is 0 Å². The van der Waals surface area contributed by atoms with Crippen LogP contribution in [0.1, 0.15) is 59.9 Å². The van der Waals surface area contributed by atoms with Crippen LogP contribution in [0.4, 0.5) is 10.5 Å². The lowest BCUT2D eigenvalue weighted by molar-refractivity contribution is -0.169. The van der Waals surface area contributed by atoms with Crippen molar-refractivity contribution in [3.8, 4) is 0 Å². The molecule has 0 saturated heterocycles. The van der Waals surface area contributed by atoms with E-state index in [1.54, 1.807) is 39.0 Å². The number of carbonyl (C=O) groups is 4. The molecule has 0 aromatic heterocycles. The summed E-state index contributed by atoms with van der Waals surface area (Å²) < 4.78 is 5.57. The standard InChI is InChI=1S/C24H24N2O6/c1-24(2,3)31-23(30)25-16(13-12-15-8-4-7-11-19(15)25)14-20(27)32-26-21(28)17-9-5-6-10-18(17)22(26)29/h4-11,16H,12-14H2,1-3H3. The third kappa shape index (κ3) is 4.08. The number of nitrogens with zero attached hydrogens (tertiary/aromatic N) is 2. The molecule has 1 atom stereocenters. The maximum Gasteiger partial charge on any atom is 0.415 e. The van der Waals surface area contributed by atoms with E-state index in [1.165, 1.54) is 17.0 Å². The number of amides is 3. The number of anilines is 1. The van der Waals surface area contributed by atoms with Crippen molar-refractivity contribution >= 4 is 29.6 Å². The number of hydrogen-bond donors (Lipinski definition) is 0. The highest BCUT2D eigenvalue weighted by Crippen LogP contribution is 2.33. The van der Waals surface area contributed by atoms with Gasteiger partial charge >= 0.3 is 12.1 Å². The second kappa shape index (κ2) is 8.11. The van der Waals surface area contributed by atoms with Crippen molar-refractivity contribution in [2.45, 2.75) is 51.7 Å². The summed E-state index contributed by atoms with van der Waals surface area (Å²) in [5.41, 5.74) is 1.31. The topological polar surface area (TPSA) is 93.2 Å². The van der Waals surface area contributed by atoms with Crippen molar-refractivity contribution in [1.82, 2.24) is 5.06 Å². The first kappa shape index (κ1) is 21.5. The van der Waals surface area contributed by atoms with Crippen LogP contribution in [0.25, 0.3) is 0 Å². The van der Waals surface area contributed by atoms with E-state index in [-0.39, 0.29) is 17.5 Å². The normalized spacial score (nSPS) is 17.7. The molecule has 0 saturated carbocycles. The van der Waals surface area contributed by atoms with Crippen LogP contribution in [-0.4, -0.2) is 40.6 Å². The number of para-hydroxylation sites is 1.